The molecule has 1 aliphatic rings. The van der Waals surface area contributed by atoms with Crippen molar-refractivity contribution < 1.29 is 25.2 Å². The van der Waals surface area contributed by atoms with Crippen molar-refractivity contribution in [2.24, 2.45) is 11.8 Å². The number of aliphatic hydroxyl groups is 3. The molecular formula is C20H34O5. The first-order chi connectivity index (χ1) is 12.0. The highest BCUT2D eigenvalue weighted by atomic mass is 16.4. The summed E-state index contributed by atoms with van der Waals surface area (Å²) in [6.07, 6.45) is 12.2. The number of aliphatic hydroxyl groups excluding tert-OH is 3. The maximum absolute atomic E-state index is 10.5. The molecule has 0 aromatic carbocycles. The molecule has 0 aliphatic heterocycles. The molecule has 5 atom stereocenters. The maximum Gasteiger partial charge on any atom is 0.303 e. The number of carbonyl (C=O) groups is 1. The number of hydrogen-bond acceptors (Lipinski definition) is 4. The number of rotatable bonds is 12. The van der Waals surface area contributed by atoms with Gasteiger partial charge in [-0.25, -0.2) is 0 Å². The van der Waals surface area contributed by atoms with Gasteiger partial charge in [-0.3, -0.25) is 4.79 Å². The Kier molecular flexibility index (Phi) is 10.7. The van der Waals surface area contributed by atoms with Gasteiger partial charge in [-0.05, 0) is 31.6 Å². The fourth-order valence-corrected chi connectivity index (χ4v) is 3.52. The van der Waals surface area contributed by atoms with Crippen molar-refractivity contribution in [3.63, 3.8) is 0 Å². The average Bonchev–Trinajstić information content (AvgIpc) is 2.82. The van der Waals surface area contributed by atoms with Gasteiger partial charge in [0.1, 0.15) is 0 Å². The molecule has 0 radical (unpaired) electrons. The average molecular weight is 354 g/mol. The predicted molar refractivity (Wildman–Crippen MR) is 98.1 cm³/mol. The maximum atomic E-state index is 10.5. The zero-order chi connectivity index (χ0) is 18.7. The van der Waals surface area contributed by atoms with E-state index in [1.54, 1.807) is 6.08 Å². The predicted octanol–water partition coefficient (Wildman–Crippen LogP) is 3.04. The molecule has 1 rings (SSSR count). The van der Waals surface area contributed by atoms with Crippen LogP contribution in [0.1, 0.15) is 64.7 Å². The summed E-state index contributed by atoms with van der Waals surface area (Å²) >= 11 is 0. The Morgan fingerprint density at radius 3 is 2.52 bits per heavy atom. The van der Waals surface area contributed by atoms with E-state index < -0.39 is 24.3 Å². The van der Waals surface area contributed by atoms with Gasteiger partial charge in [0.05, 0.1) is 18.3 Å². The van der Waals surface area contributed by atoms with Gasteiger partial charge in [0.25, 0.3) is 0 Å². The van der Waals surface area contributed by atoms with E-state index in [0.717, 1.165) is 32.1 Å². The Morgan fingerprint density at radius 1 is 1.12 bits per heavy atom. The van der Waals surface area contributed by atoms with E-state index in [4.69, 9.17) is 5.11 Å². The summed E-state index contributed by atoms with van der Waals surface area (Å²) in [4.78, 5) is 10.5. The number of carboxylic acid groups (broad SMARTS) is 1. The van der Waals surface area contributed by atoms with Gasteiger partial charge in [0, 0.05) is 18.8 Å². The standard InChI is InChI=1S/C20H34O5/c1-2-3-6-9-15(21)12-13-17-16(18(22)14-19(17)23)10-7-4-5-8-11-20(24)25/h3,6,12-13,15-19,21-23H,2,4-5,7-11,14H2,1H3,(H,24,25)/t15?,16?,17-,18?,19?/m1/s1. The summed E-state index contributed by atoms with van der Waals surface area (Å²) < 4.78 is 0. The highest BCUT2D eigenvalue weighted by Gasteiger charge is 2.39. The van der Waals surface area contributed by atoms with E-state index in [0.29, 0.717) is 19.3 Å². The lowest BCUT2D eigenvalue weighted by molar-refractivity contribution is -0.137. The largest absolute Gasteiger partial charge is 0.481 e. The molecule has 0 heterocycles. The second-order valence-corrected chi connectivity index (χ2v) is 7.03. The van der Waals surface area contributed by atoms with Crippen molar-refractivity contribution in [2.75, 3.05) is 0 Å². The summed E-state index contributed by atoms with van der Waals surface area (Å²) in [5.41, 5.74) is 0. The molecule has 0 spiro atoms. The monoisotopic (exact) mass is 354 g/mol. The van der Waals surface area contributed by atoms with E-state index in [1.807, 2.05) is 25.2 Å². The molecule has 5 nitrogen and oxygen atoms in total. The molecule has 25 heavy (non-hydrogen) atoms. The Morgan fingerprint density at radius 2 is 1.84 bits per heavy atom. The van der Waals surface area contributed by atoms with Crippen LogP contribution < -0.4 is 0 Å². The van der Waals surface area contributed by atoms with Crippen LogP contribution in [0.4, 0.5) is 0 Å². The Balaban J connectivity index is 2.41. The molecule has 144 valence electrons. The fraction of sp³-hybridized carbons (Fsp3) is 0.750. The lowest BCUT2D eigenvalue weighted by Crippen LogP contribution is -2.21. The first-order valence-corrected chi connectivity index (χ1v) is 9.55. The van der Waals surface area contributed by atoms with Crippen molar-refractivity contribution in [3.05, 3.63) is 24.3 Å². The van der Waals surface area contributed by atoms with Crippen LogP contribution in [0.15, 0.2) is 24.3 Å². The van der Waals surface area contributed by atoms with Crippen LogP contribution >= 0.6 is 0 Å². The molecule has 0 bridgehead atoms. The van der Waals surface area contributed by atoms with Crippen LogP contribution in [0.2, 0.25) is 0 Å². The summed E-state index contributed by atoms with van der Waals surface area (Å²) in [6.45, 7) is 2.04. The molecule has 0 saturated heterocycles. The number of hydrogen-bond donors (Lipinski definition) is 4. The summed E-state index contributed by atoms with van der Waals surface area (Å²) in [5, 5.41) is 39.0. The molecular weight excluding hydrogens is 320 g/mol. The second kappa shape index (κ2) is 12.2. The van der Waals surface area contributed by atoms with Gasteiger partial charge in [0.2, 0.25) is 0 Å². The first-order valence-electron chi connectivity index (χ1n) is 9.55. The fourth-order valence-electron chi connectivity index (χ4n) is 3.52. The molecule has 1 saturated carbocycles. The van der Waals surface area contributed by atoms with Crippen molar-refractivity contribution >= 4 is 5.97 Å². The molecule has 5 heteroatoms. The topological polar surface area (TPSA) is 98.0 Å². The van der Waals surface area contributed by atoms with E-state index in [2.05, 4.69) is 0 Å². The van der Waals surface area contributed by atoms with Gasteiger partial charge in [0.15, 0.2) is 0 Å². The molecule has 4 unspecified atom stereocenters. The third-order valence-electron chi connectivity index (χ3n) is 4.93. The molecule has 0 aromatic rings. The summed E-state index contributed by atoms with van der Waals surface area (Å²) in [7, 11) is 0. The number of unbranched alkanes of at least 4 members (excludes halogenated alkanes) is 3. The minimum atomic E-state index is -0.758. The number of allylic oxidation sites excluding steroid dienone is 1. The third kappa shape index (κ3) is 8.66. The van der Waals surface area contributed by atoms with E-state index in [9.17, 15) is 20.1 Å². The van der Waals surface area contributed by atoms with Crippen LogP contribution in [0.3, 0.4) is 0 Å². The van der Waals surface area contributed by atoms with Crippen LogP contribution in [0, 0.1) is 11.8 Å². The van der Waals surface area contributed by atoms with Crippen molar-refractivity contribution in [1.82, 2.24) is 0 Å². The van der Waals surface area contributed by atoms with Gasteiger partial charge in [-0.2, -0.15) is 0 Å². The molecule has 0 amide bonds. The van der Waals surface area contributed by atoms with E-state index >= 15 is 0 Å². The summed E-state index contributed by atoms with van der Waals surface area (Å²) in [6, 6.07) is 0. The van der Waals surface area contributed by atoms with Crippen LogP contribution in [-0.2, 0) is 4.79 Å². The van der Waals surface area contributed by atoms with Gasteiger partial charge in [-0.15, -0.1) is 0 Å². The minimum Gasteiger partial charge on any atom is -0.481 e. The Hall–Kier alpha value is -1.17. The number of carboxylic acids is 1. The van der Waals surface area contributed by atoms with Crippen molar-refractivity contribution in [1.29, 1.82) is 0 Å². The smallest absolute Gasteiger partial charge is 0.303 e. The SMILES string of the molecule is CCC=CCC(O)C=C[C@H]1C(O)CC(O)C1CCCCCCC(=O)O. The van der Waals surface area contributed by atoms with Gasteiger partial charge < -0.3 is 20.4 Å². The first kappa shape index (κ1) is 21.9. The molecule has 1 fully saturated rings. The lowest BCUT2D eigenvalue weighted by Gasteiger charge is -2.21. The Bertz CT molecular complexity index is 432. The van der Waals surface area contributed by atoms with Crippen LogP contribution in [0.25, 0.3) is 0 Å². The molecule has 0 aromatic heterocycles. The lowest BCUT2D eigenvalue weighted by atomic mass is 9.88. The molecule has 1 aliphatic carbocycles. The second-order valence-electron chi connectivity index (χ2n) is 7.03. The highest BCUT2D eigenvalue weighted by Crippen LogP contribution is 2.37. The summed E-state index contributed by atoms with van der Waals surface area (Å²) in [5.74, 6) is -0.880. The third-order valence-corrected chi connectivity index (χ3v) is 4.93. The zero-order valence-corrected chi connectivity index (χ0v) is 15.3. The Labute approximate surface area is 151 Å². The van der Waals surface area contributed by atoms with Crippen LogP contribution in [0.5, 0.6) is 0 Å². The van der Waals surface area contributed by atoms with Crippen LogP contribution in [-0.4, -0.2) is 44.7 Å². The zero-order valence-electron chi connectivity index (χ0n) is 15.3. The minimum absolute atomic E-state index is 0.00380. The van der Waals surface area contributed by atoms with Crippen molar-refractivity contribution in [2.45, 2.75) is 83.0 Å². The quantitative estimate of drug-likeness (QED) is 0.319. The van der Waals surface area contributed by atoms with Gasteiger partial charge in [-0.1, -0.05) is 50.5 Å². The molecule has 4 N–H and O–H groups in total. The van der Waals surface area contributed by atoms with Gasteiger partial charge >= 0.3 is 5.97 Å². The van der Waals surface area contributed by atoms with Crippen molar-refractivity contribution in [3.8, 4) is 0 Å². The van der Waals surface area contributed by atoms with E-state index in [-0.39, 0.29) is 18.3 Å². The normalized spacial score (nSPS) is 28.2. The number of aliphatic carboxylic acids is 1. The highest BCUT2D eigenvalue weighted by molar-refractivity contribution is 5.66. The van der Waals surface area contributed by atoms with E-state index in [1.165, 1.54) is 0 Å².